The minimum atomic E-state index is -6.03. The molecule has 0 radical (unpaired) electrons. The molecule has 0 aromatic carbocycles. The van der Waals surface area contributed by atoms with Crippen LogP contribution < -0.4 is 0 Å². The number of hydrogen-bond acceptors (Lipinski definition) is 4. The Morgan fingerprint density at radius 1 is 0.794 bits per heavy atom. The third-order valence-electron chi connectivity index (χ3n) is 4.81. The number of carbonyl (C=O) groups is 1. The van der Waals surface area contributed by atoms with E-state index in [0.29, 0.717) is 18.6 Å². The summed E-state index contributed by atoms with van der Waals surface area (Å²) in [4.78, 5) is 11.2. The Labute approximate surface area is 196 Å². The van der Waals surface area contributed by atoms with E-state index in [0.717, 1.165) is 0 Å². The molecule has 11 heteroatoms. The van der Waals surface area contributed by atoms with E-state index in [9.17, 15) is 35.5 Å². The van der Waals surface area contributed by atoms with Crippen LogP contribution in [-0.4, -0.2) is 52.8 Å². The van der Waals surface area contributed by atoms with Crippen molar-refractivity contribution in [3.05, 3.63) is 11.8 Å². The zero-order valence-corrected chi connectivity index (χ0v) is 20.9. The first-order valence-electron chi connectivity index (χ1n) is 10.8. The van der Waals surface area contributed by atoms with Crippen molar-refractivity contribution in [2.24, 2.45) is 0 Å². The van der Waals surface area contributed by atoms with Gasteiger partial charge in [0, 0.05) is 19.3 Å². The Hall–Kier alpha value is -1.36. The molecule has 0 aromatic rings. The summed E-state index contributed by atoms with van der Waals surface area (Å²) in [7, 11) is 0. The maximum atomic E-state index is 13.4. The second-order valence-electron chi connectivity index (χ2n) is 11.3. The lowest BCUT2D eigenvalue weighted by Crippen LogP contribution is -2.45. The highest BCUT2D eigenvalue weighted by Gasteiger charge is 2.62. The van der Waals surface area contributed by atoms with Crippen molar-refractivity contribution in [3.63, 3.8) is 0 Å². The van der Waals surface area contributed by atoms with Gasteiger partial charge in [-0.15, -0.1) is 0 Å². The molecule has 2 aliphatic heterocycles. The number of rotatable bonds is 5. The number of Topliss-reactive ketones (excluding diaryl/α,β-unsaturated/α-hetero) is 1. The standard InChI is InChI=1S/C14H19F7O2.C9H16O2/c1-10(2)5-9(6-11(3,4)23-10)22-8-12(15,16)7-13(17,18)14(19,20)21;1-8(2)5-7(10)6-9(3,4)11-8/h5H,6-8H2,1-4H3;5-6H2,1-4H3. The summed E-state index contributed by atoms with van der Waals surface area (Å²) in [6, 6.07) is 0. The van der Waals surface area contributed by atoms with Gasteiger partial charge in [-0.1, -0.05) is 0 Å². The van der Waals surface area contributed by atoms with Gasteiger partial charge in [-0.2, -0.15) is 22.0 Å². The molecule has 0 unspecified atom stereocenters. The molecule has 200 valence electrons. The fourth-order valence-corrected chi connectivity index (χ4v) is 4.24. The van der Waals surface area contributed by atoms with Crippen LogP contribution in [-0.2, 0) is 19.0 Å². The van der Waals surface area contributed by atoms with E-state index in [2.05, 4.69) is 0 Å². The lowest BCUT2D eigenvalue weighted by atomic mass is 9.88. The molecular weight excluding hydrogens is 473 g/mol. The first-order valence-corrected chi connectivity index (χ1v) is 10.8. The summed E-state index contributed by atoms with van der Waals surface area (Å²) < 4.78 is 105. The number of alkyl halides is 7. The highest BCUT2D eigenvalue weighted by atomic mass is 19.4. The van der Waals surface area contributed by atoms with E-state index < -0.39 is 42.3 Å². The Balaban J connectivity index is 0.000000437. The molecule has 4 nitrogen and oxygen atoms in total. The van der Waals surface area contributed by atoms with Crippen LogP contribution in [0.3, 0.4) is 0 Å². The first-order chi connectivity index (χ1) is 14.8. The fraction of sp³-hybridized carbons (Fsp3) is 0.870. The Morgan fingerprint density at radius 2 is 1.24 bits per heavy atom. The fourth-order valence-electron chi connectivity index (χ4n) is 4.24. The van der Waals surface area contributed by atoms with Crippen molar-refractivity contribution >= 4 is 5.78 Å². The maximum absolute atomic E-state index is 13.4. The smallest absolute Gasteiger partial charge is 0.453 e. The molecule has 0 amide bonds. The third-order valence-corrected chi connectivity index (χ3v) is 4.81. The Morgan fingerprint density at radius 3 is 1.62 bits per heavy atom. The van der Waals surface area contributed by atoms with Crippen molar-refractivity contribution < 1.29 is 49.7 Å². The number of carbonyl (C=O) groups excluding carboxylic acids is 1. The topological polar surface area (TPSA) is 44.8 Å². The molecule has 0 bridgehead atoms. The highest BCUT2D eigenvalue weighted by molar-refractivity contribution is 5.81. The minimum Gasteiger partial charge on any atom is -0.492 e. The zero-order chi connectivity index (χ0) is 27.0. The molecular formula is C23H35F7O4. The van der Waals surface area contributed by atoms with Gasteiger partial charge >= 0.3 is 12.1 Å². The molecule has 0 aliphatic carbocycles. The average molecular weight is 509 g/mol. The molecule has 0 N–H and O–H groups in total. The molecule has 2 heterocycles. The highest BCUT2D eigenvalue weighted by Crippen LogP contribution is 2.43. The number of ether oxygens (including phenoxy) is 3. The second kappa shape index (κ2) is 9.59. The molecule has 0 spiro atoms. The largest absolute Gasteiger partial charge is 0.492 e. The zero-order valence-electron chi connectivity index (χ0n) is 20.9. The Kier molecular flexibility index (Phi) is 8.66. The summed E-state index contributed by atoms with van der Waals surface area (Å²) >= 11 is 0. The van der Waals surface area contributed by atoms with Crippen molar-refractivity contribution in [2.75, 3.05) is 6.61 Å². The summed E-state index contributed by atoms with van der Waals surface area (Å²) in [5.74, 6) is -9.43. The average Bonchev–Trinajstić information content (AvgIpc) is 2.44. The first kappa shape index (κ1) is 30.7. The molecule has 0 saturated carbocycles. The lowest BCUT2D eigenvalue weighted by molar-refractivity contribution is -0.302. The minimum absolute atomic E-state index is 0.0706. The molecule has 0 atom stereocenters. The van der Waals surface area contributed by atoms with E-state index in [1.54, 1.807) is 27.7 Å². The van der Waals surface area contributed by atoms with Gasteiger partial charge in [0.05, 0.1) is 34.6 Å². The van der Waals surface area contributed by atoms with Crippen LogP contribution in [0.2, 0.25) is 0 Å². The molecule has 1 fully saturated rings. The number of hydrogen-bond donors (Lipinski definition) is 0. The van der Waals surface area contributed by atoms with Crippen LogP contribution >= 0.6 is 0 Å². The molecule has 2 rings (SSSR count). The van der Waals surface area contributed by atoms with Gasteiger partial charge in [0.2, 0.25) is 0 Å². The van der Waals surface area contributed by atoms with E-state index in [4.69, 9.17) is 14.2 Å². The van der Waals surface area contributed by atoms with E-state index in [-0.39, 0.29) is 23.4 Å². The van der Waals surface area contributed by atoms with Crippen LogP contribution in [0, 0.1) is 0 Å². The summed E-state index contributed by atoms with van der Waals surface area (Å²) in [6.07, 6.45) is -6.08. The van der Waals surface area contributed by atoms with E-state index in [1.807, 2.05) is 27.7 Å². The van der Waals surface area contributed by atoms with Crippen LogP contribution in [0.5, 0.6) is 0 Å². The van der Waals surface area contributed by atoms with Crippen LogP contribution in [0.25, 0.3) is 0 Å². The van der Waals surface area contributed by atoms with Gasteiger partial charge in [-0.25, -0.2) is 8.78 Å². The molecule has 2 aliphatic rings. The SMILES string of the molecule is CC1(C)C=C(OCC(F)(F)CC(F)(F)C(F)(F)F)CC(C)(C)O1.CC1(C)CC(=O)CC(C)(C)O1. The quantitative estimate of drug-likeness (QED) is 0.375. The van der Waals surface area contributed by atoms with Crippen molar-refractivity contribution in [1.29, 1.82) is 0 Å². The third kappa shape index (κ3) is 10.1. The van der Waals surface area contributed by atoms with Crippen molar-refractivity contribution in [1.82, 2.24) is 0 Å². The van der Waals surface area contributed by atoms with Crippen LogP contribution in [0.1, 0.15) is 81.1 Å². The summed E-state index contributed by atoms with van der Waals surface area (Å²) in [6.45, 7) is 13.0. The monoisotopic (exact) mass is 508 g/mol. The van der Waals surface area contributed by atoms with Crippen LogP contribution in [0.15, 0.2) is 11.8 Å². The van der Waals surface area contributed by atoms with E-state index in [1.165, 1.54) is 6.08 Å². The van der Waals surface area contributed by atoms with Gasteiger partial charge in [0.1, 0.15) is 5.78 Å². The van der Waals surface area contributed by atoms with Gasteiger partial charge in [0.15, 0.2) is 6.61 Å². The van der Waals surface area contributed by atoms with Crippen molar-refractivity contribution in [3.8, 4) is 0 Å². The predicted molar refractivity (Wildman–Crippen MR) is 112 cm³/mol. The van der Waals surface area contributed by atoms with Gasteiger partial charge in [0.25, 0.3) is 5.92 Å². The normalized spacial score (nSPS) is 24.0. The van der Waals surface area contributed by atoms with Gasteiger partial charge < -0.3 is 14.2 Å². The lowest BCUT2D eigenvalue weighted by Gasteiger charge is -2.40. The maximum Gasteiger partial charge on any atom is 0.453 e. The second-order valence-corrected chi connectivity index (χ2v) is 11.3. The van der Waals surface area contributed by atoms with Gasteiger partial charge in [-0.3, -0.25) is 4.79 Å². The summed E-state index contributed by atoms with van der Waals surface area (Å²) in [5, 5.41) is 0. The molecule has 1 saturated heterocycles. The number of ketones is 1. The molecule has 34 heavy (non-hydrogen) atoms. The van der Waals surface area contributed by atoms with E-state index >= 15 is 0 Å². The summed E-state index contributed by atoms with van der Waals surface area (Å²) in [5.41, 5.74) is -2.10. The van der Waals surface area contributed by atoms with Crippen molar-refractivity contribution in [2.45, 2.75) is 121 Å². The number of halogens is 7. The predicted octanol–water partition coefficient (Wildman–Crippen LogP) is 7.01. The molecule has 0 aromatic heterocycles. The Bertz CT molecular complexity index is 748. The van der Waals surface area contributed by atoms with Gasteiger partial charge in [-0.05, 0) is 61.5 Å². The van der Waals surface area contributed by atoms with Crippen LogP contribution in [0.4, 0.5) is 30.7 Å².